The summed E-state index contributed by atoms with van der Waals surface area (Å²) in [6.45, 7) is 1.81. The Morgan fingerprint density at radius 2 is 2.00 bits per heavy atom. The first-order valence-electron chi connectivity index (χ1n) is 9.97. The molecule has 2 amide bonds. The number of hydrogen-bond donors (Lipinski definition) is 2. The fraction of sp³-hybridized carbons (Fsp3) is 0.619. The van der Waals surface area contributed by atoms with Crippen molar-refractivity contribution in [1.82, 2.24) is 10.4 Å². The Bertz CT molecular complexity index is 711. The number of hydroxylamine groups is 1. The van der Waals surface area contributed by atoms with Gasteiger partial charge in [-0.2, -0.15) is 0 Å². The van der Waals surface area contributed by atoms with Crippen molar-refractivity contribution in [2.75, 3.05) is 13.1 Å². The van der Waals surface area contributed by atoms with E-state index in [1.807, 2.05) is 12.1 Å². The SMILES string of the molecule is O=C(NO)c1ccc2c(c1)CC1(CC2)CCN(CC2CCCCC2)C1=O. The van der Waals surface area contributed by atoms with Crippen molar-refractivity contribution in [2.45, 2.75) is 57.8 Å². The molecular formula is C21H28N2O3. The highest BCUT2D eigenvalue weighted by Gasteiger charge is 2.48. The third-order valence-corrected chi connectivity index (χ3v) is 6.78. The third kappa shape index (κ3) is 3.13. The highest BCUT2D eigenvalue weighted by Crippen LogP contribution is 2.44. The molecule has 0 radical (unpaired) electrons. The summed E-state index contributed by atoms with van der Waals surface area (Å²) in [5.41, 5.74) is 4.18. The van der Waals surface area contributed by atoms with Crippen LogP contribution in [-0.4, -0.2) is 35.0 Å². The molecule has 5 heteroatoms. The van der Waals surface area contributed by atoms with E-state index in [0.29, 0.717) is 17.4 Å². The summed E-state index contributed by atoms with van der Waals surface area (Å²) in [5, 5.41) is 8.87. The molecule has 4 rings (SSSR count). The van der Waals surface area contributed by atoms with Gasteiger partial charge in [0.05, 0.1) is 5.41 Å². The van der Waals surface area contributed by atoms with Crippen molar-refractivity contribution in [2.24, 2.45) is 11.3 Å². The van der Waals surface area contributed by atoms with E-state index in [4.69, 9.17) is 5.21 Å². The van der Waals surface area contributed by atoms with E-state index >= 15 is 0 Å². The number of rotatable bonds is 3. The zero-order valence-electron chi connectivity index (χ0n) is 15.3. The van der Waals surface area contributed by atoms with Crippen LogP contribution < -0.4 is 5.48 Å². The van der Waals surface area contributed by atoms with Gasteiger partial charge in [-0.25, -0.2) is 5.48 Å². The zero-order valence-corrected chi connectivity index (χ0v) is 15.3. The van der Waals surface area contributed by atoms with Crippen LogP contribution in [0.15, 0.2) is 18.2 Å². The molecular weight excluding hydrogens is 328 g/mol. The average Bonchev–Trinajstić information content (AvgIpc) is 2.97. The second kappa shape index (κ2) is 7.03. The summed E-state index contributed by atoms with van der Waals surface area (Å²) in [6.07, 6.45) is 9.92. The molecule has 5 nitrogen and oxygen atoms in total. The van der Waals surface area contributed by atoms with Crippen molar-refractivity contribution in [3.8, 4) is 0 Å². The van der Waals surface area contributed by atoms with Gasteiger partial charge in [0.1, 0.15) is 0 Å². The minimum atomic E-state index is -0.496. The van der Waals surface area contributed by atoms with Crippen molar-refractivity contribution in [1.29, 1.82) is 0 Å². The number of nitrogens with one attached hydrogen (secondary N) is 1. The molecule has 0 aromatic heterocycles. The fourth-order valence-corrected chi connectivity index (χ4v) is 5.21. The van der Waals surface area contributed by atoms with E-state index in [0.717, 1.165) is 44.3 Å². The highest BCUT2D eigenvalue weighted by molar-refractivity contribution is 5.93. The minimum absolute atomic E-state index is 0.282. The van der Waals surface area contributed by atoms with Gasteiger partial charge in [-0.1, -0.05) is 25.3 Å². The van der Waals surface area contributed by atoms with Gasteiger partial charge in [-0.15, -0.1) is 0 Å². The lowest BCUT2D eigenvalue weighted by molar-refractivity contribution is -0.137. The molecule has 1 spiro atoms. The summed E-state index contributed by atoms with van der Waals surface area (Å²) in [5.74, 6) is 0.508. The Balaban J connectivity index is 1.50. The van der Waals surface area contributed by atoms with E-state index < -0.39 is 5.91 Å². The van der Waals surface area contributed by atoms with Crippen LogP contribution in [0.3, 0.4) is 0 Å². The summed E-state index contributed by atoms with van der Waals surface area (Å²) < 4.78 is 0. The predicted octanol–water partition coefficient (Wildman–Crippen LogP) is 3.09. The maximum Gasteiger partial charge on any atom is 0.274 e. The van der Waals surface area contributed by atoms with Crippen molar-refractivity contribution >= 4 is 11.8 Å². The molecule has 140 valence electrons. The predicted molar refractivity (Wildman–Crippen MR) is 97.9 cm³/mol. The molecule has 3 aliphatic rings. The van der Waals surface area contributed by atoms with Crippen LogP contribution in [0.5, 0.6) is 0 Å². The van der Waals surface area contributed by atoms with Crippen LogP contribution >= 0.6 is 0 Å². The van der Waals surface area contributed by atoms with Gasteiger partial charge in [0.2, 0.25) is 5.91 Å². The Morgan fingerprint density at radius 1 is 1.19 bits per heavy atom. The van der Waals surface area contributed by atoms with E-state index in [1.165, 1.54) is 37.7 Å². The first-order chi connectivity index (χ1) is 12.6. The van der Waals surface area contributed by atoms with Gasteiger partial charge in [0, 0.05) is 18.7 Å². The van der Waals surface area contributed by atoms with Gasteiger partial charge in [0.15, 0.2) is 0 Å². The van der Waals surface area contributed by atoms with E-state index in [-0.39, 0.29) is 5.41 Å². The Hall–Kier alpha value is -1.88. The Kier molecular flexibility index (Phi) is 4.74. The zero-order chi connectivity index (χ0) is 18.1. The number of carbonyl (C=O) groups excluding carboxylic acids is 2. The maximum absolute atomic E-state index is 13.2. The van der Waals surface area contributed by atoms with Gasteiger partial charge in [-0.3, -0.25) is 14.8 Å². The van der Waals surface area contributed by atoms with Crippen LogP contribution in [-0.2, 0) is 17.6 Å². The Morgan fingerprint density at radius 3 is 2.77 bits per heavy atom. The smallest absolute Gasteiger partial charge is 0.274 e. The number of likely N-dealkylation sites (tertiary alicyclic amines) is 1. The molecule has 2 fully saturated rings. The van der Waals surface area contributed by atoms with E-state index in [9.17, 15) is 9.59 Å². The molecule has 1 aliphatic heterocycles. The minimum Gasteiger partial charge on any atom is -0.342 e. The molecule has 1 unspecified atom stereocenters. The van der Waals surface area contributed by atoms with Gasteiger partial charge < -0.3 is 4.90 Å². The summed E-state index contributed by atoms with van der Waals surface area (Å²) in [6, 6.07) is 5.55. The normalized spacial score (nSPS) is 26.2. The number of benzene rings is 1. The van der Waals surface area contributed by atoms with Gasteiger partial charge in [0.25, 0.3) is 5.91 Å². The summed E-state index contributed by atoms with van der Waals surface area (Å²) in [4.78, 5) is 27.1. The van der Waals surface area contributed by atoms with Crippen molar-refractivity contribution in [3.63, 3.8) is 0 Å². The number of hydrogen-bond acceptors (Lipinski definition) is 3. The van der Waals surface area contributed by atoms with E-state index in [2.05, 4.69) is 4.90 Å². The number of nitrogens with zero attached hydrogens (tertiary/aromatic N) is 1. The second-order valence-electron chi connectivity index (χ2n) is 8.39. The number of fused-ring (bicyclic) bond motifs is 1. The molecule has 1 heterocycles. The van der Waals surface area contributed by atoms with Crippen LogP contribution in [0.2, 0.25) is 0 Å². The van der Waals surface area contributed by atoms with Crippen LogP contribution in [0, 0.1) is 11.3 Å². The second-order valence-corrected chi connectivity index (χ2v) is 8.39. The monoisotopic (exact) mass is 356 g/mol. The molecule has 1 aromatic carbocycles. The van der Waals surface area contributed by atoms with Crippen molar-refractivity contribution < 1.29 is 14.8 Å². The summed E-state index contributed by atoms with van der Waals surface area (Å²) in [7, 11) is 0. The molecule has 2 aliphatic carbocycles. The molecule has 26 heavy (non-hydrogen) atoms. The third-order valence-electron chi connectivity index (χ3n) is 6.78. The average molecular weight is 356 g/mol. The van der Waals surface area contributed by atoms with Gasteiger partial charge >= 0.3 is 0 Å². The molecule has 1 saturated heterocycles. The lowest BCUT2D eigenvalue weighted by atomic mass is 9.70. The largest absolute Gasteiger partial charge is 0.342 e. The number of amides is 2. The number of aryl methyl sites for hydroxylation is 1. The molecule has 1 saturated carbocycles. The van der Waals surface area contributed by atoms with Crippen molar-refractivity contribution in [3.05, 3.63) is 34.9 Å². The van der Waals surface area contributed by atoms with Crippen LogP contribution in [0.25, 0.3) is 0 Å². The molecule has 1 atom stereocenters. The van der Waals surface area contributed by atoms with Gasteiger partial charge in [-0.05, 0) is 67.7 Å². The topological polar surface area (TPSA) is 69.6 Å². The first kappa shape index (κ1) is 17.5. The Labute approximate surface area is 154 Å². The van der Waals surface area contributed by atoms with E-state index in [1.54, 1.807) is 11.5 Å². The summed E-state index contributed by atoms with van der Waals surface area (Å²) >= 11 is 0. The fourth-order valence-electron chi connectivity index (χ4n) is 5.21. The van der Waals surface area contributed by atoms with Crippen LogP contribution in [0.4, 0.5) is 0 Å². The molecule has 0 bridgehead atoms. The quantitative estimate of drug-likeness (QED) is 0.646. The lowest BCUT2D eigenvalue weighted by Gasteiger charge is -2.34. The first-order valence-corrected chi connectivity index (χ1v) is 9.97. The standard InChI is InChI=1S/C21H28N2O3/c24-19(22-26)17-7-6-16-8-9-21(13-18(16)12-17)10-11-23(20(21)25)14-15-4-2-1-3-5-15/h6-7,12,15,26H,1-5,8-11,13-14H2,(H,22,24). The molecule has 1 aromatic rings. The maximum atomic E-state index is 13.2. The highest BCUT2D eigenvalue weighted by atomic mass is 16.5. The lowest BCUT2D eigenvalue weighted by Crippen LogP contribution is -2.40. The molecule has 2 N–H and O–H groups in total. The van der Waals surface area contributed by atoms with Crippen LogP contribution in [0.1, 0.15) is 66.4 Å². The number of carbonyl (C=O) groups is 2.